The SMILES string of the molecule is Cc1ccc(-c2cncc(-c3ccnc(Cc4cc(NC(=O)c5ccc(CN6CCN(C)CC6)cc5)ccc4C)n3)c2)nc1. The number of rotatable bonds is 8. The topological polar surface area (TPSA) is 87.1 Å². The van der Waals surface area contributed by atoms with E-state index in [9.17, 15) is 4.79 Å². The van der Waals surface area contributed by atoms with E-state index in [1.807, 2.05) is 74.0 Å². The average Bonchev–Trinajstić information content (AvgIpc) is 3.05. The Morgan fingerprint density at radius 3 is 2.34 bits per heavy atom. The van der Waals surface area contributed by atoms with Crippen molar-refractivity contribution < 1.29 is 4.79 Å². The van der Waals surface area contributed by atoms with Crippen molar-refractivity contribution in [3.63, 3.8) is 0 Å². The lowest BCUT2D eigenvalue weighted by Gasteiger charge is -2.32. The summed E-state index contributed by atoms with van der Waals surface area (Å²) in [5, 5.41) is 3.07. The highest BCUT2D eigenvalue weighted by atomic mass is 16.1. The van der Waals surface area contributed by atoms with Crippen LogP contribution in [0.5, 0.6) is 0 Å². The van der Waals surface area contributed by atoms with Crippen molar-refractivity contribution in [3.05, 3.63) is 125 Å². The number of carbonyl (C=O) groups excluding carboxylic acids is 1. The molecule has 1 fully saturated rings. The maximum Gasteiger partial charge on any atom is 0.255 e. The molecule has 3 aromatic heterocycles. The second-order valence-corrected chi connectivity index (χ2v) is 11.6. The van der Waals surface area contributed by atoms with Crippen molar-refractivity contribution in [3.8, 4) is 22.5 Å². The number of carbonyl (C=O) groups is 1. The molecule has 1 saturated heterocycles. The third kappa shape index (κ3) is 7.22. The van der Waals surface area contributed by atoms with Crippen LogP contribution < -0.4 is 5.32 Å². The highest BCUT2D eigenvalue weighted by Gasteiger charge is 2.15. The van der Waals surface area contributed by atoms with Gasteiger partial charge in [0.05, 0.1) is 11.4 Å². The first-order valence-electron chi connectivity index (χ1n) is 15.0. The van der Waals surface area contributed by atoms with Gasteiger partial charge >= 0.3 is 0 Å². The molecular formula is C36H37N7O. The number of nitrogens with zero attached hydrogens (tertiary/aromatic N) is 6. The fraction of sp³-hybridized carbons (Fsp3) is 0.250. The Labute approximate surface area is 258 Å². The van der Waals surface area contributed by atoms with Crippen LogP contribution in [0.3, 0.4) is 0 Å². The summed E-state index contributed by atoms with van der Waals surface area (Å²) < 4.78 is 0. The van der Waals surface area contributed by atoms with E-state index in [1.54, 1.807) is 6.20 Å². The number of hydrogen-bond acceptors (Lipinski definition) is 7. The van der Waals surface area contributed by atoms with Crippen LogP contribution in [0.25, 0.3) is 22.5 Å². The second-order valence-electron chi connectivity index (χ2n) is 11.6. The molecule has 222 valence electrons. The zero-order valence-corrected chi connectivity index (χ0v) is 25.5. The van der Waals surface area contributed by atoms with Gasteiger partial charge in [-0.05, 0) is 85.6 Å². The molecule has 1 amide bonds. The molecule has 1 N–H and O–H groups in total. The number of aryl methyl sites for hydroxylation is 2. The minimum atomic E-state index is -0.125. The van der Waals surface area contributed by atoms with Gasteiger partial charge in [-0.3, -0.25) is 19.7 Å². The van der Waals surface area contributed by atoms with Crippen LogP contribution in [0.1, 0.15) is 38.4 Å². The van der Waals surface area contributed by atoms with E-state index in [0.717, 1.165) is 77.6 Å². The molecule has 4 heterocycles. The summed E-state index contributed by atoms with van der Waals surface area (Å²) in [4.78, 5) is 36.3. The first kappa shape index (κ1) is 29.3. The summed E-state index contributed by atoms with van der Waals surface area (Å²) in [7, 11) is 2.16. The van der Waals surface area contributed by atoms with Crippen LogP contribution in [0, 0.1) is 13.8 Å². The van der Waals surface area contributed by atoms with E-state index < -0.39 is 0 Å². The summed E-state index contributed by atoms with van der Waals surface area (Å²) in [5.41, 5.74) is 9.40. The molecule has 0 bridgehead atoms. The molecule has 1 aliphatic rings. The van der Waals surface area contributed by atoms with Gasteiger partial charge in [0.15, 0.2) is 0 Å². The third-order valence-electron chi connectivity index (χ3n) is 8.12. The van der Waals surface area contributed by atoms with E-state index in [1.165, 1.54) is 5.56 Å². The van der Waals surface area contributed by atoms with Crippen LogP contribution in [0.15, 0.2) is 91.5 Å². The Hall–Kier alpha value is -4.79. The van der Waals surface area contributed by atoms with Gasteiger partial charge in [-0.2, -0.15) is 0 Å². The predicted molar refractivity (Wildman–Crippen MR) is 174 cm³/mol. The number of pyridine rings is 2. The van der Waals surface area contributed by atoms with Gasteiger partial charge in [-0.25, -0.2) is 9.97 Å². The van der Waals surface area contributed by atoms with Crippen LogP contribution in [0.4, 0.5) is 5.69 Å². The van der Waals surface area contributed by atoms with Crippen LogP contribution in [0.2, 0.25) is 0 Å². The molecule has 0 spiro atoms. The number of piperazine rings is 1. The number of aromatic nitrogens is 4. The molecule has 0 unspecified atom stereocenters. The zero-order chi connectivity index (χ0) is 30.5. The smallest absolute Gasteiger partial charge is 0.255 e. The second kappa shape index (κ2) is 13.2. The van der Waals surface area contributed by atoms with Gasteiger partial charge in [0.2, 0.25) is 0 Å². The molecule has 8 heteroatoms. The number of amides is 1. The highest BCUT2D eigenvalue weighted by Crippen LogP contribution is 2.24. The molecule has 0 radical (unpaired) electrons. The maximum absolute atomic E-state index is 13.1. The summed E-state index contributed by atoms with van der Waals surface area (Å²) >= 11 is 0. The van der Waals surface area contributed by atoms with Crippen molar-refractivity contribution in [2.75, 3.05) is 38.5 Å². The first-order chi connectivity index (χ1) is 21.4. The van der Waals surface area contributed by atoms with Gasteiger partial charge in [0, 0.05) is 86.3 Å². The molecule has 0 saturated carbocycles. The van der Waals surface area contributed by atoms with Gasteiger partial charge in [0.25, 0.3) is 5.91 Å². The van der Waals surface area contributed by atoms with Crippen molar-refractivity contribution in [2.45, 2.75) is 26.8 Å². The van der Waals surface area contributed by atoms with E-state index >= 15 is 0 Å². The van der Waals surface area contributed by atoms with E-state index in [0.29, 0.717) is 17.8 Å². The van der Waals surface area contributed by atoms with Gasteiger partial charge < -0.3 is 10.2 Å². The minimum absolute atomic E-state index is 0.125. The van der Waals surface area contributed by atoms with Crippen LogP contribution in [-0.4, -0.2) is 68.9 Å². The van der Waals surface area contributed by atoms with Crippen molar-refractivity contribution in [1.29, 1.82) is 0 Å². The van der Waals surface area contributed by atoms with Gasteiger partial charge in [-0.15, -0.1) is 0 Å². The fourth-order valence-electron chi connectivity index (χ4n) is 5.34. The Bertz CT molecular complexity index is 1740. The summed E-state index contributed by atoms with van der Waals surface area (Å²) in [5.74, 6) is 0.573. The largest absolute Gasteiger partial charge is 0.322 e. The molecule has 0 aliphatic carbocycles. The summed E-state index contributed by atoms with van der Waals surface area (Å²) in [6.07, 6.45) is 7.80. The number of nitrogens with one attached hydrogen (secondary N) is 1. The summed E-state index contributed by atoms with van der Waals surface area (Å²) in [6.45, 7) is 9.31. The molecule has 8 nitrogen and oxygen atoms in total. The van der Waals surface area contributed by atoms with Gasteiger partial charge in [0.1, 0.15) is 5.82 Å². The molecule has 44 heavy (non-hydrogen) atoms. The Morgan fingerprint density at radius 1 is 0.818 bits per heavy atom. The third-order valence-corrected chi connectivity index (χ3v) is 8.12. The molecule has 5 aromatic rings. The Balaban J connectivity index is 1.12. The van der Waals surface area contributed by atoms with Crippen molar-refractivity contribution in [1.82, 2.24) is 29.7 Å². The maximum atomic E-state index is 13.1. The molecule has 6 rings (SSSR count). The van der Waals surface area contributed by atoms with Crippen molar-refractivity contribution >= 4 is 11.6 Å². The lowest BCUT2D eigenvalue weighted by molar-refractivity contribution is 0.102. The monoisotopic (exact) mass is 583 g/mol. The molecule has 1 aliphatic heterocycles. The highest BCUT2D eigenvalue weighted by molar-refractivity contribution is 6.04. The first-order valence-corrected chi connectivity index (χ1v) is 15.0. The number of benzene rings is 2. The Morgan fingerprint density at radius 2 is 1.59 bits per heavy atom. The molecule has 0 atom stereocenters. The standard InChI is InChI=1S/C36H37N7O/c1-25-4-11-33(39-21-25)30-18-31(23-37-22-30)34-12-13-38-35(41-34)20-29-19-32(10-5-26(29)2)40-36(44)28-8-6-27(7-9-28)24-43-16-14-42(3)15-17-43/h4-13,18-19,21-23H,14-17,20,24H2,1-3H3,(H,40,44). The van der Waals surface area contributed by atoms with E-state index in [-0.39, 0.29) is 5.91 Å². The normalized spacial score (nSPS) is 14.0. The lowest BCUT2D eigenvalue weighted by atomic mass is 10.0. The molecular weight excluding hydrogens is 546 g/mol. The van der Waals surface area contributed by atoms with Gasteiger partial charge in [-0.1, -0.05) is 24.3 Å². The van der Waals surface area contributed by atoms with E-state index in [2.05, 4.69) is 62.2 Å². The van der Waals surface area contributed by atoms with Crippen LogP contribution >= 0.6 is 0 Å². The van der Waals surface area contributed by atoms with E-state index in [4.69, 9.17) is 4.98 Å². The molecule has 2 aromatic carbocycles. The minimum Gasteiger partial charge on any atom is -0.322 e. The average molecular weight is 584 g/mol. The number of likely N-dealkylation sites (N-methyl/N-ethyl adjacent to an activating group) is 1. The zero-order valence-electron chi connectivity index (χ0n) is 25.5. The summed E-state index contributed by atoms with van der Waals surface area (Å²) in [6, 6.07) is 21.9. The predicted octanol–water partition coefficient (Wildman–Crippen LogP) is 5.81. The fourth-order valence-corrected chi connectivity index (χ4v) is 5.34. The number of hydrogen-bond donors (Lipinski definition) is 1. The lowest BCUT2D eigenvalue weighted by Crippen LogP contribution is -2.43. The van der Waals surface area contributed by atoms with Crippen molar-refractivity contribution in [2.24, 2.45) is 0 Å². The number of anilines is 1. The Kier molecular flexibility index (Phi) is 8.81. The quantitative estimate of drug-likeness (QED) is 0.247. The van der Waals surface area contributed by atoms with Crippen LogP contribution in [-0.2, 0) is 13.0 Å².